The van der Waals surface area contributed by atoms with Crippen LogP contribution in [0.2, 0.25) is 0 Å². The number of nitrogens with zero attached hydrogens (tertiary/aromatic N) is 1. The average Bonchev–Trinajstić information content (AvgIpc) is 2.08. The molecule has 0 aliphatic carbocycles. The maximum atomic E-state index is 4.94. The predicted octanol–water partition coefficient (Wildman–Crippen LogP) is 1.99. The molecule has 0 radical (unpaired) electrons. The first-order valence-corrected chi connectivity index (χ1v) is 5.45. The summed E-state index contributed by atoms with van der Waals surface area (Å²) in [7, 11) is 0. The number of rotatable bonds is 6. The van der Waals surface area contributed by atoms with Crippen LogP contribution in [0.4, 0.5) is 0 Å². The summed E-state index contributed by atoms with van der Waals surface area (Å²) in [4.78, 5) is 0. The normalized spacial score (nSPS) is 8.33. The quantitative estimate of drug-likeness (QED) is 0.473. The molecule has 0 atom stereocenters. The Morgan fingerprint density at radius 1 is 0.917 bits per heavy atom. The second-order valence-corrected chi connectivity index (χ2v) is 2.72. The minimum absolute atomic E-state index is 0.178. The molecule has 0 rings (SSSR count). The maximum absolute atomic E-state index is 4.94. The van der Waals surface area contributed by atoms with Crippen LogP contribution in [0.3, 0.4) is 0 Å². The van der Waals surface area contributed by atoms with Crippen molar-refractivity contribution in [2.24, 2.45) is 0 Å². The van der Waals surface area contributed by atoms with Crippen molar-refractivity contribution in [3.8, 4) is 0 Å². The summed E-state index contributed by atoms with van der Waals surface area (Å²) in [6.07, 6.45) is 0. The molecule has 0 spiro atoms. The molecular formula is C8H20AlNO2. The molecule has 0 aliphatic rings. The summed E-state index contributed by atoms with van der Waals surface area (Å²) >= 11 is -0.178. The van der Waals surface area contributed by atoms with E-state index in [-0.39, 0.29) is 15.9 Å². The topological polar surface area (TPSA) is 32.6 Å². The second kappa shape index (κ2) is 17.5. The van der Waals surface area contributed by atoms with Gasteiger partial charge in [-0.15, -0.1) is 0 Å². The molecule has 0 aromatic carbocycles. The van der Waals surface area contributed by atoms with Gasteiger partial charge in [0.25, 0.3) is 0 Å². The second-order valence-electron chi connectivity index (χ2n) is 1.86. The Balaban J connectivity index is 0. The molecule has 4 heteroatoms. The van der Waals surface area contributed by atoms with E-state index in [1.54, 1.807) is 0 Å². The molecular weight excluding hydrogens is 169 g/mol. The van der Waals surface area contributed by atoms with E-state index in [9.17, 15) is 0 Å². The van der Waals surface area contributed by atoms with Gasteiger partial charge in [0.15, 0.2) is 0 Å². The van der Waals surface area contributed by atoms with E-state index in [2.05, 4.69) is 5.32 Å². The van der Waals surface area contributed by atoms with Crippen LogP contribution in [-0.2, 0) is 7.58 Å². The zero-order valence-electron chi connectivity index (χ0n) is 8.67. The third kappa shape index (κ3) is 22.4. The van der Waals surface area contributed by atoms with Crippen molar-refractivity contribution < 1.29 is 7.58 Å². The van der Waals surface area contributed by atoms with Gasteiger partial charge in [0.2, 0.25) is 0 Å². The Labute approximate surface area is 83.2 Å². The van der Waals surface area contributed by atoms with E-state index >= 15 is 0 Å². The summed E-state index contributed by atoms with van der Waals surface area (Å²) in [5.41, 5.74) is 0. The molecule has 0 saturated carbocycles. The fourth-order valence-electron chi connectivity index (χ4n) is 0.408. The Bertz CT molecular complexity index is 59.0. The van der Waals surface area contributed by atoms with Gasteiger partial charge in [-0.1, -0.05) is 13.8 Å². The number of hydrogen-bond acceptors (Lipinski definition) is 2. The van der Waals surface area contributed by atoms with Gasteiger partial charge in [-0.3, -0.25) is 0 Å². The fourth-order valence-corrected chi connectivity index (χ4v) is 0.776. The predicted molar refractivity (Wildman–Crippen MR) is 53.4 cm³/mol. The van der Waals surface area contributed by atoms with Crippen LogP contribution in [0, 0.1) is 0 Å². The van der Waals surface area contributed by atoms with Crippen LogP contribution < -0.4 is 0 Å². The van der Waals surface area contributed by atoms with Crippen molar-refractivity contribution in [1.29, 1.82) is 0 Å². The molecule has 0 aromatic heterocycles. The molecule has 0 amide bonds. The molecule has 0 saturated heterocycles. The van der Waals surface area contributed by atoms with Crippen molar-refractivity contribution in [2.45, 2.75) is 27.7 Å². The summed E-state index contributed by atoms with van der Waals surface area (Å²) in [5, 5.41) is 3.97. The molecule has 0 fully saturated rings. The van der Waals surface area contributed by atoms with Gasteiger partial charge in [0, 0.05) is 0 Å². The minimum atomic E-state index is -0.178. The molecule has 0 bridgehead atoms. The Hall–Kier alpha value is 0.412. The summed E-state index contributed by atoms with van der Waals surface area (Å²) in [5.74, 6) is 0. The van der Waals surface area contributed by atoms with E-state index < -0.39 is 0 Å². The van der Waals surface area contributed by atoms with Crippen molar-refractivity contribution >= 4 is 15.9 Å². The third-order valence-corrected chi connectivity index (χ3v) is 1.86. The zero-order valence-corrected chi connectivity index (χ0v) is 9.82. The zero-order chi connectivity index (χ0) is 9.66. The van der Waals surface area contributed by atoms with E-state index in [1.807, 2.05) is 27.7 Å². The van der Waals surface area contributed by atoms with E-state index in [0.717, 1.165) is 26.3 Å². The molecule has 0 unspecified atom stereocenters. The van der Waals surface area contributed by atoms with Crippen molar-refractivity contribution in [3.05, 3.63) is 5.32 Å². The first-order valence-electron chi connectivity index (χ1n) is 4.51. The monoisotopic (exact) mass is 189 g/mol. The standard InChI is InChI=1S/C4H10N.2C2H5O.Al/c1-3-5-4-2;2*1-2-3;/h3-4H2,1-2H3;2*2H2,1H3;/q3*-1;+3. The van der Waals surface area contributed by atoms with Gasteiger partial charge in [-0.2, -0.15) is 13.1 Å². The Kier molecular flexibility index (Phi) is 21.7. The van der Waals surface area contributed by atoms with Gasteiger partial charge in [-0.05, 0) is 0 Å². The molecule has 0 N–H and O–H groups in total. The van der Waals surface area contributed by atoms with Gasteiger partial charge >= 0.3 is 50.5 Å². The number of hydrogen-bond donors (Lipinski definition) is 0. The van der Waals surface area contributed by atoms with Crippen LogP contribution >= 0.6 is 0 Å². The first kappa shape index (κ1) is 14.9. The third-order valence-electron chi connectivity index (χ3n) is 0.917. The molecule has 0 aliphatic heterocycles. The van der Waals surface area contributed by atoms with Gasteiger partial charge in [0.05, 0.1) is 0 Å². The van der Waals surface area contributed by atoms with E-state index in [1.165, 1.54) is 0 Å². The van der Waals surface area contributed by atoms with Gasteiger partial charge in [-0.25, -0.2) is 0 Å². The van der Waals surface area contributed by atoms with Crippen LogP contribution in [0.1, 0.15) is 27.7 Å². The summed E-state index contributed by atoms with van der Waals surface area (Å²) in [6.45, 7) is 11.5. The molecule has 72 valence electrons. The van der Waals surface area contributed by atoms with Crippen LogP contribution in [0.5, 0.6) is 0 Å². The summed E-state index contributed by atoms with van der Waals surface area (Å²) < 4.78 is 9.87. The molecule has 3 nitrogen and oxygen atoms in total. The molecule has 0 aromatic rings. The van der Waals surface area contributed by atoms with E-state index in [4.69, 9.17) is 7.58 Å². The SMILES string of the molecule is CC[N-]CC.CC[O][Al+][O]CC. The molecule has 0 heterocycles. The first-order chi connectivity index (χ1) is 5.83. The average molecular weight is 189 g/mol. The molecule has 12 heavy (non-hydrogen) atoms. The van der Waals surface area contributed by atoms with Crippen LogP contribution in [0.15, 0.2) is 0 Å². The Morgan fingerprint density at radius 2 is 1.33 bits per heavy atom. The van der Waals surface area contributed by atoms with Gasteiger partial charge in [0.1, 0.15) is 0 Å². The van der Waals surface area contributed by atoms with E-state index in [0.29, 0.717) is 0 Å². The summed E-state index contributed by atoms with van der Waals surface area (Å²) in [6, 6.07) is 0. The van der Waals surface area contributed by atoms with Crippen molar-refractivity contribution in [3.63, 3.8) is 0 Å². The van der Waals surface area contributed by atoms with Gasteiger partial charge < -0.3 is 5.32 Å². The van der Waals surface area contributed by atoms with Crippen molar-refractivity contribution in [2.75, 3.05) is 26.3 Å². The van der Waals surface area contributed by atoms with Crippen LogP contribution in [-0.4, -0.2) is 42.2 Å². The fraction of sp³-hybridized carbons (Fsp3) is 1.00. The van der Waals surface area contributed by atoms with Crippen molar-refractivity contribution in [1.82, 2.24) is 0 Å². The van der Waals surface area contributed by atoms with Crippen LogP contribution in [0.25, 0.3) is 5.32 Å². The Morgan fingerprint density at radius 3 is 1.50 bits per heavy atom.